The lowest BCUT2D eigenvalue weighted by Gasteiger charge is -2.19. The van der Waals surface area contributed by atoms with Crippen LogP contribution in [0.4, 0.5) is 13.2 Å². The Morgan fingerprint density at radius 2 is 2.17 bits per heavy atom. The van der Waals surface area contributed by atoms with Gasteiger partial charge in [-0.1, -0.05) is 18.2 Å². The summed E-state index contributed by atoms with van der Waals surface area (Å²) in [6, 6.07) is 4.33. The number of aromatic amines is 1. The van der Waals surface area contributed by atoms with Crippen LogP contribution >= 0.6 is 0 Å². The summed E-state index contributed by atoms with van der Waals surface area (Å²) in [4.78, 5) is 10.6. The molecule has 2 aromatic rings. The molecule has 2 rings (SSSR count). The van der Waals surface area contributed by atoms with Crippen molar-refractivity contribution >= 4 is 16.9 Å². The van der Waals surface area contributed by atoms with Gasteiger partial charge in [0, 0.05) is 5.39 Å². The third kappa shape index (κ3) is 2.29. The van der Waals surface area contributed by atoms with E-state index in [0.29, 0.717) is 5.39 Å². The summed E-state index contributed by atoms with van der Waals surface area (Å²) < 4.78 is 38.7. The second-order valence-electron chi connectivity index (χ2n) is 3.87. The van der Waals surface area contributed by atoms with Crippen molar-refractivity contribution in [1.82, 2.24) is 10.2 Å². The van der Waals surface area contributed by atoms with Gasteiger partial charge >= 0.3 is 12.1 Å². The minimum Gasteiger partial charge on any atom is -0.481 e. The molecular formula is C11H9F3N2O2. The fourth-order valence-corrected chi connectivity index (χ4v) is 1.86. The molecule has 0 saturated carbocycles. The van der Waals surface area contributed by atoms with Crippen LogP contribution in [0.15, 0.2) is 24.4 Å². The van der Waals surface area contributed by atoms with E-state index in [9.17, 15) is 18.0 Å². The topological polar surface area (TPSA) is 66.0 Å². The Morgan fingerprint density at radius 3 is 2.78 bits per heavy atom. The van der Waals surface area contributed by atoms with E-state index in [1.165, 1.54) is 18.3 Å². The van der Waals surface area contributed by atoms with Gasteiger partial charge in [-0.3, -0.25) is 9.89 Å². The Bertz CT molecular complexity index is 577. The molecule has 0 fully saturated rings. The van der Waals surface area contributed by atoms with Gasteiger partial charge in [0.1, 0.15) is 0 Å². The molecule has 0 aliphatic rings. The van der Waals surface area contributed by atoms with Gasteiger partial charge in [-0.05, 0) is 5.56 Å². The fourth-order valence-electron chi connectivity index (χ4n) is 1.86. The van der Waals surface area contributed by atoms with Crippen LogP contribution in [-0.4, -0.2) is 27.4 Å². The summed E-state index contributed by atoms with van der Waals surface area (Å²) in [5.41, 5.74) is 0.126. The van der Waals surface area contributed by atoms with Crippen LogP contribution in [0.2, 0.25) is 0 Å². The van der Waals surface area contributed by atoms with Crippen molar-refractivity contribution < 1.29 is 23.1 Å². The molecule has 1 aromatic carbocycles. The fraction of sp³-hybridized carbons (Fsp3) is 0.273. The molecule has 0 bridgehead atoms. The molecular weight excluding hydrogens is 249 g/mol. The van der Waals surface area contributed by atoms with E-state index in [-0.39, 0.29) is 11.1 Å². The molecule has 1 aromatic heterocycles. The maximum absolute atomic E-state index is 12.9. The minimum absolute atomic E-state index is 0.0973. The number of carboxylic acid groups (broad SMARTS) is 1. The standard InChI is InChI=1S/C11H9F3N2O2/c12-11(13,14)8(4-9(17)18)7-3-1-2-6-5-15-16-10(6)7/h1-3,5,8H,4H2,(H,15,16)(H,17,18). The molecule has 96 valence electrons. The number of nitrogens with zero attached hydrogens (tertiary/aromatic N) is 1. The predicted molar refractivity (Wildman–Crippen MR) is 57.1 cm³/mol. The first kappa shape index (κ1) is 12.4. The first-order valence-corrected chi connectivity index (χ1v) is 5.10. The van der Waals surface area contributed by atoms with Crippen molar-refractivity contribution in [3.63, 3.8) is 0 Å². The van der Waals surface area contributed by atoms with Crippen LogP contribution in [0.3, 0.4) is 0 Å². The predicted octanol–water partition coefficient (Wildman–Crippen LogP) is 2.68. The van der Waals surface area contributed by atoms with Gasteiger partial charge in [-0.2, -0.15) is 18.3 Å². The number of rotatable bonds is 3. The molecule has 0 aliphatic carbocycles. The number of hydrogen-bond acceptors (Lipinski definition) is 2. The monoisotopic (exact) mass is 258 g/mol. The number of nitrogens with one attached hydrogen (secondary N) is 1. The van der Waals surface area contributed by atoms with Crippen molar-refractivity contribution in [2.75, 3.05) is 0 Å². The summed E-state index contributed by atoms with van der Waals surface area (Å²) in [6.07, 6.45) is -4.22. The lowest BCUT2D eigenvalue weighted by Crippen LogP contribution is -2.23. The summed E-state index contributed by atoms with van der Waals surface area (Å²) in [7, 11) is 0. The number of carbonyl (C=O) groups is 1. The molecule has 18 heavy (non-hydrogen) atoms. The number of H-pyrrole nitrogens is 1. The van der Waals surface area contributed by atoms with Gasteiger partial charge < -0.3 is 5.11 Å². The number of carboxylic acids is 1. The quantitative estimate of drug-likeness (QED) is 0.889. The molecule has 1 heterocycles. The maximum Gasteiger partial charge on any atom is 0.396 e. The van der Waals surface area contributed by atoms with E-state index in [1.807, 2.05) is 0 Å². The van der Waals surface area contributed by atoms with Crippen LogP contribution in [0, 0.1) is 0 Å². The van der Waals surface area contributed by atoms with E-state index in [2.05, 4.69) is 10.2 Å². The molecule has 0 amide bonds. The Hall–Kier alpha value is -2.05. The first-order valence-electron chi connectivity index (χ1n) is 5.10. The lowest BCUT2D eigenvalue weighted by atomic mass is 9.93. The number of benzene rings is 1. The average molecular weight is 258 g/mol. The van der Waals surface area contributed by atoms with E-state index in [4.69, 9.17) is 5.11 Å². The zero-order valence-corrected chi connectivity index (χ0v) is 9.03. The van der Waals surface area contributed by atoms with E-state index >= 15 is 0 Å². The summed E-state index contributed by atoms with van der Waals surface area (Å²) in [5.74, 6) is -3.53. The van der Waals surface area contributed by atoms with E-state index < -0.39 is 24.5 Å². The van der Waals surface area contributed by atoms with E-state index in [0.717, 1.165) is 0 Å². The summed E-state index contributed by atoms with van der Waals surface area (Å²) >= 11 is 0. The zero-order chi connectivity index (χ0) is 13.3. The molecule has 0 saturated heterocycles. The van der Waals surface area contributed by atoms with Gasteiger partial charge in [0.2, 0.25) is 0 Å². The smallest absolute Gasteiger partial charge is 0.396 e. The number of fused-ring (bicyclic) bond motifs is 1. The normalized spacial score (nSPS) is 13.7. The highest BCUT2D eigenvalue weighted by atomic mass is 19.4. The molecule has 0 radical (unpaired) electrons. The van der Waals surface area contributed by atoms with Crippen molar-refractivity contribution in [3.05, 3.63) is 30.0 Å². The molecule has 4 nitrogen and oxygen atoms in total. The van der Waals surface area contributed by atoms with Gasteiger partial charge in [-0.25, -0.2) is 0 Å². The van der Waals surface area contributed by atoms with Gasteiger partial charge in [0.15, 0.2) is 0 Å². The number of para-hydroxylation sites is 1. The van der Waals surface area contributed by atoms with Gasteiger partial charge in [0.05, 0.1) is 24.1 Å². The third-order valence-electron chi connectivity index (χ3n) is 2.66. The summed E-state index contributed by atoms with van der Waals surface area (Å²) in [6.45, 7) is 0. The largest absolute Gasteiger partial charge is 0.481 e. The Labute approximate surface area is 99.4 Å². The molecule has 1 atom stereocenters. The number of aliphatic carboxylic acids is 1. The van der Waals surface area contributed by atoms with Crippen molar-refractivity contribution in [2.45, 2.75) is 18.5 Å². The van der Waals surface area contributed by atoms with Crippen LogP contribution in [0.1, 0.15) is 17.9 Å². The third-order valence-corrected chi connectivity index (χ3v) is 2.66. The summed E-state index contributed by atoms with van der Waals surface area (Å²) in [5, 5.41) is 15.3. The molecule has 0 aliphatic heterocycles. The number of hydrogen-bond donors (Lipinski definition) is 2. The second-order valence-corrected chi connectivity index (χ2v) is 3.87. The number of aromatic nitrogens is 2. The zero-order valence-electron chi connectivity index (χ0n) is 9.03. The Kier molecular flexibility index (Phi) is 2.98. The van der Waals surface area contributed by atoms with Crippen LogP contribution in [0.5, 0.6) is 0 Å². The van der Waals surface area contributed by atoms with Crippen LogP contribution in [0.25, 0.3) is 10.9 Å². The van der Waals surface area contributed by atoms with Gasteiger partial charge in [0.25, 0.3) is 0 Å². The van der Waals surface area contributed by atoms with Crippen molar-refractivity contribution in [1.29, 1.82) is 0 Å². The number of alkyl halides is 3. The Balaban J connectivity index is 2.54. The second kappa shape index (κ2) is 4.32. The highest BCUT2D eigenvalue weighted by Crippen LogP contribution is 2.39. The maximum atomic E-state index is 12.9. The average Bonchev–Trinajstić information content (AvgIpc) is 2.71. The first-order chi connectivity index (χ1) is 8.39. The highest BCUT2D eigenvalue weighted by molar-refractivity contribution is 5.82. The molecule has 0 spiro atoms. The molecule has 7 heteroatoms. The lowest BCUT2D eigenvalue weighted by molar-refractivity contribution is -0.163. The minimum atomic E-state index is -4.61. The highest BCUT2D eigenvalue weighted by Gasteiger charge is 2.43. The van der Waals surface area contributed by atoms with E-state index in [1.54, 1.807) is 6.07 Å². The van der Waals surface area contributed by atoms with Crippen LogP contribution in [-0.2, 0) is 4.79 Å². The van der Waals surface area contributed by atoms with Gasteiger partial charge in [-0.15, -0.1) is 0 Å². The molecule has 1 unspecified atom stereocenters. The van der Waals surface area contributed by atoms with Crippen molar-refractivity contribution in [3.8, 4) is 0 Å². The van der Waals surface area contributed by atoms with Crippen molar-refractivity contribution in [2.24, 2.45) is 0 Å². The number of halogens is 3. The molecule has 2 N–H and O–H groups in total. The Morgan fingerprint density at radius 1 is 1.44 bits per heavy atom. The SMILES string of the molecule is O=C(O)CC(c1cccc2cn[nH]c12)C(F)(F)F. The van der Waals surface area contributed by atoms with Crippen LogP contribution < -0.4 is 0 Å².